The molecule has 0 amide bonds. The van der Waals surface area contributed by atoms with Crippen molar-refractivity contribution in [3.8, 4) is 11.5 Å². The molecule has 0 aliphatic heterocycles. The van der Waals surface area contributed by atoms with Gasteiger partial charge >= 0.3 is 43.7 Å². The van der Waals surface area contributed by atoms with Gasteiger partial charge < -0.3 is 25.2 Å². The van der Waals surface area contributed by atoms with Crippen molar-refractivity contribution in [3.63, 3.8) is 0 Å². The predicted octanol–water partition coefficient (Wildman–Crippen LogP) is 7.20. The maximum atomic E-state index is 11.8. The minimum Gasteiger partial charge on any atom is -0.872 e. The fourth-order valence-corrected chi connectivity index (χ4v) is 4.81. The minimum atomic E-state index is -1.38. The molecule has 0 radical (unpaired) electrons. The van der Waals surface area contributed by atoms with Gasteiger partial charge in [0.15, 0.2) is 0 Å². The molecule has 0 atom stereocenters. The SMILES string of the molecule is CCCCCCCCCCc1cccc(C(=O)O)c1O.CCCCCCCCCCc1cccc(C(=O)[O-])c1[O-].[Ca+2]. The molecule has 2 aromatic carbocycles. The van der Waals surface area contributed by atoms with Crippen LogP contribution in [0.25, 0.3) is 0 Å². The van der Waals surface area contributed by atoms with E-state index in [1.807, 2.05) is 6.07 Å². The van der Waals surface area contributed by atoms with Gasteiger partial charge in [-0.05, 0) is 42.9 Å². The quantitative estimate of drug-likeness (QED) is 0.124. The van der Waals surface area contributed by atoms with Gasteiger partial charge in [-0.25, -0.2) is 4.79 Å². The first kappa shape index (κ1) is 39.2. The Hall–Kier alpha value is -1.76. The van der Waals surface area contributed by atoms with E-state index in [4.69, 9.17) is 5.11 Å². The van der Waals surface area contributed by atoms with Crippen LogP contribution >= 0.6 is 0 Å². The van der Waals surface area contributed by atoms with E-state index in [2.05, 4.69) is 13.8 Å². The number of carbonyl (C=O) groups excluding carboxylic acids is 1. The van der Waals surface area contributed by atoms with Crippen LogP contribution in [0.4, 0.5) is 0 Å². The van der Waals surface area contributed by atoms with E-state index in [-0.39, 0.29) is 60.4 Å². The largest absolute Gasteiger partial charge is 2.00 e. The summed E-state index contributed by atoms with van der Waals surface area (Å²) in [5.74, 6) is -2.90. The number of carboxylic acids is 2. The molecular weight excluding hydrogens is 544 g/mol. The van der Waals surface area contributed by atoms with E-state index in [0.717, 1.165) is 37.7 Å². The monoisotopic (exact) mass is 594 g/mol. The summed E-state index contributed by atoms with van der Waals surface area (Å²) in [6, 6.07) is 9.60. The van der Waals surface area contributed by atoms with Gasteiger partial charge in [0.05, 0.1) is 5.97 Å². The topological polar surface area (TPSA) is 121 Å². The van der Waals surface area contributed by atoms with E-state index in [1.54, 1.807) is 18.2 Å². The summed E-state index contributed by atoms with van der Waals surface area (Å²) >= 11 is 0. The van der Waals surface area contributed by atoms with E-state index in [9.17, 15) is 24.9 Å². The Kier molecular flexibility index (Phi) is 23.7. The van der Waals surface area contributed by atoms with Crippen LogP contribution in [0.15, 0.2) is 36.4 Å². The molecule has 0 saturated carbocycles. The van der Waals surface area contributed by atoms with Gasteiger partial charge in [0.25, 0.3) is 0 Å². The molecule has 0 aromatic heterocycles. The maximum absolute atomic E-state index is 11.8. The molecule has 0 unspecified atom stereocenters. The van der Waals surface area contributed by atoms with Gasteiger partial charge in [-0.1, -0.05) is 145 Å². The molecule has 2 N–H and O–H groups in total. The van der Waals surface area contributed by atoms with Crippen molar-refractivity contribution in [2.24, 2.45) is 0 Å². The number of rotatable bonds is 20. The Morgan fingerprint density at radius 2 is 1.02 bits per heavy atom. The number of aryl methyl sites for hydroxylation is 2. The van der Waals surface area contributed by atoms with Crippen LogP contribution in [0.3, 0.4) is 0 Å². The van der Waals surface area contributed by atoms with E-state index in [0.29, 0.717) is 12.0 Å². The van der Waals surface area contributed by atoms with Crippen molar-refractivity contribution in [1.29, 1.82) is 0 Å². The summed E-state index contributed by atoms with van der Waals surface area (Å²) in [4.78, 5) is 21.7. The van der Waals surface area contributed by atoms with Crippen LogP contribution in [0, 0.1) is 0 Å². The van der Waals surface area contributed by atoms with Gasteiger partial charge in [0, 0.05) is 0 Å². The number of unbranched alkanes of at least 4 members (excludes halogenated alkanes) is 14. The van der Waals surface area contributed by atoms with Gasteiger partial charge in [-0.2, -0.15) is 0 Å². The summed E-state index contributed by atoms with van der Waals surface area (Å²) < 4.78 is 0. The summed E-state index contributed by atoms with van der Waals surface area (Å²) in [7, 11) is 0. The third kappa shape index (κ3) is 17.1. The van der Waals surface area contributed by atoms with Crippen LogP contribution in [-0.2, 0) is 12.8 Å². The number of carboxylic acid groups (broad SMARTS) is 2. The van der Waals surface area contributed by atoms with Crippen LogP contribution < -0.4 is 10.2 Å². The molecule has 0 spiro atoms. The molecule has 2 aromatic rings. The average Bonchev–Trinajstić information content (AvgIpc) is 2.93. The Bertz CT molecular complexity index is 912. The zero-order valence-electron chi connectivity index (χ0n) is 25.4. The Morgan fingerprint density at radius 3 is 1.46 bits per heavy atom. The van der Waals surface area contributed by atoms with Crippen molar-refractivity contribution in [2.45, 2.75) is 129 Å². The van der Waals surface area contributed by atoms with Crippen molar-refractivity contribution in [3.05, 3.63) is 58.7 Å². The molecule has 0 saturated heterocycles. The summed E-state index contributed by atoms with van der Waals surface area (Å²) in [6.45, 7) is 4.43. The first-order valence-corrected chi connectivity index (χ1v) is 15.4. The first-order valence-electron chi connectivity index (χ1n) is 15.4. The zero-order valence-corrected chi connectivity index (χ0v) is 27.6. The molecule has 7 heteroatoms. The summed E-state index contributed by atoms with van der Waals surface area (Å²) in [5, 5.41) is 41.4. The van der Waals surface area contributed by atoms with Gasteiger partial charge in [-0.15, -0.1) is 0 Å². The number of hydrogen-bond acceptors (Lipinski definition) is 5. The summed E-state index contributed by atoms with van der Waals surface area (Å²) in [6.07, 6.45) is 21.0. The van der Waals surface area contributed by atoms with Gasteiger partial charge in [0.1, 0.15) is 11.3 Å². The second-order valence-electron chi connectivity index (χ2n) is 10.6. The Morgan fingerprint density at radius 1 is 0.634 bits per heavy atom. The fraction of sp³-hybridized carbons (Fsp3) is 0.588. The molecule has 0 bridgehead atoms. The van der Waals surface area contributed by atoms with Gasteiger partial charge in [0.2, 0.25) is 0 Å². The smallest absolute Gasteiger partial charge is 0.872 e. The second-order valence-corrected chi connectivity index (χ2v) is 10.6. The van der Waals surface area contributed by atoms with Crippen molar-refractivity contribution < 1.29 is 30.0 Å². The number of benzene rings is 2. The first-order chi connectivity index (χ1) is 19.3. The third-order valence-corrected chi connectivity index (χ3v) is 7.27. The average molecular weight is 595 g/mol. The van der Waals surface area contributed by atoms with E-state index in [1.165, 1.54) is 89.2 Å². The number of carbonyl (C=O) groups is 2. The normalized spacial score (nSPS) is 10.4. The molecule has 0 fully saturated rings. The maximum Gasteiger partial charge on any atom is 2.00 e. The number of aromatic carboxylic acids is 2. The van der Waals surface area contributed by atoms with Gasteiger partial charge in [-0.3, -0.25) is 0 Å². The minimum absolute atomic E-state index is 0. The number of para-hydroxylation sites is 2. The number of aromatic hydroxyl groups is 1. The molecule has 2 rings (SSSR count). The predicted molar refractivity (Wildman–Crippen MR) is 164 cm³/mol. The van der Waals surface area contributed by atoms with Crippen molar-refractivity contribution in [1.82, 2.24) is 0 Å². The fourth-order valence-electron chi connectivity index (χ4n) is 4.81. The number of hydrogen-bond donors (Lipinski definition) is 2. The van der Waals surface area contributed by atoms with Crippen molar-refractivity contribution >= 4 is 49.7 Å². The van der Waals surface area contributed by atoms with Crippen LogP contribution in [-0.4, -0.2) is 59.9 Å². The van der Waals surface area contributed by atoms with Crippen LogP contribution in [0.5, 0.6) is 11.5 Å². The standard InChI is InChI=1S/2C17H26O3.Ca/c2*1-2-3-4-5-6-7-8-9-11-14-12-10-13-15(16(14)18)17(19)20;/h2*10,12-13,18H,2-9,11H2,1H3,(H,19,20);/q;;+2/p-2. The Balaban J connectivity index is 0.000000762. The Labute approximate surface area is 277 Å². The molecule has 41 heavy (non-hydrogen) atoms. The molecule has 0 heterocycles. The second kappa shape index (κ2) is 24.8. The third-order valence-electron chi connectivity index (χ3n) is 7.27. The van der Waals surface area contributed by atoms with E-state index >= 15 is 0 Å². The molecule has 224 valence electrons. The molecular formula is C34H50CaO6. The van der Waals surface area contributed by atoms with Crippen LogP contribution in [0.1, 0.15) is 148 Å². The molecule has 0 aliphatic carbocycles. The summed E-state index contributed by atoms with van der Waals surface area (Å²) in [5.41, 5.74) is 1.12. The van der Waals surface area contributed by atoms with Crippen molar-refractivity contribution in [2.75, 3.05) is 0 Å². The molecule has 0 aliphatic rings. The zero-order chi connectivity index (χ0) is 29.6. The van der Waals surface area contributed by atoms with Crippen LogP contribution in [0.2, 0.25) is 0 Å². The van der Waals surface area contributed by atoms with E-state index < -0.39 is 11.9 Å². The molecule has 6 nitrogen and oxygen atoms in total. The number of phenols is 1.